The Balaban J connectivity index is 1.86. The average molecular weight is 222 g/mol. The van der Waals surface area contributed by atoms with E-state index in [0.717, 1.165) is 25.2 Å². The first-order valence-electron chi connectivity index (χ1n) is 5.11. The maximum absolute atomic E-state index is 11.5. The Bertz CT molecular complexity index is 342. The molecule has 0 N–H and O–H groups in total. The molecule has 0 saturated carbocycles. The lowest BCUT2D eigenvalue weighted by atomic mass is 10.2. The van der Waals surface area contributed by atoms with Gasteiger partial charge in [-0.1, -0.05) is 6.07 Å². The van der Waals surface area contributed by atoms with E-state index in [-0.39, 0.29) is 11.2 Å². The molecule has 3 nitrogen and oxygen atoms in total. The first kappa shape index (κ1) is 10.5. The molecule has 0 aliphatic carbocycles. The molecular formula is C11H14N2OS. The molecule has 2 heterocycles. The lowest BCUT2D eigenvalue weighted by Gasteiger charge is -2.15. The van der Waals surface area contributed by atoms with Crippen LogP contribution in [0.15, 0.2) is 24.4 Å². The molecule has 1 amide bonds. The van der Waals surface area contributed by atoms with Crippen molar-refractivity contribution in [3.8, 4) is 0 Å². The lowest BCUT2D eigenvalue weighted by molar-refractivity contribution is -0.127. The normalized spacial score (nSPS) is 21.0. The zero-order valence-electron chi connectivity index (χ0n) is 8.47. The van der Waals surface area contributed by atoms with Gasteiger partial charge in [-0.05, 0) is 12.1 Å². The maximum Gasteiger partial charge on any atom is 0.223 e. The molecule has 1 aromatic heterocycles. The second-order valence-electron chi connectivity index (χ2n) is 3.77. The Labute approximate surface area is 94.9 Å². The van der Waals surface area contributed by atoms with Gasteiger partial charge in [-0.3, -0.25) is 9.78 Å². The zero-order chi connectivity index (χ0) is 10.7. The molecule has 2 rings (SSSR count). The van der Waals surface area contributed by atoms with E-state index < -0.39 is 0 Å². The number of thiol groups is 1. The van der Waals surface area contributed by atoms with Gasteiger partial charge in [-0.2, -0.15) is 12.6 Å². The minimum absolute atomic E-state index is 0.209. The van der Waals surface area contributed by atoms with Crippen LogP contribution in [0.4, 0.5) is 0 Å². The van der Waals surface area contributed by atoms with Crippen LogP contribution in [-0.4, -0.2) is 34.1 Å². The van der Waals surface area contributed by atoms with E-state index in [1.165, 1.54) is 0 Å². The molecular weight excluding hydrogens is 208 g/mol. The summed E-state index contributed by atoms with van der Waals surface area (Å²) in [7, 11) is 0. The number of hydrogen-bond donors (Lipinski definition) is 1. The van der Waals surface area contributed by atoms with Gasteiger partial charge in [-0.25, -0.2) is 0 Å². The van der Waals surface area contributed by atoms with Gasteiger partial charge in [0, 0.05) is 43.1 Å². The van der Waals surface area contributed by atoms with Gasteiger partial charge >= 0.3 is 0 Å². The predicted molar refractivity (Wildman–Crippen MR) is 61.9 cm³/mol. The topological polar surface area (TPSA) is 33.2 Å². The summed E-state index contributed by atoms with van der Waals surface area (Å²) in [6.45, 7) is 1.53. The van der Waals surface area contributed by atoms with Gasteiger partial charge < -0.3 is 4.90 Å². The van der Waals surface area contributed by atoms with Gasteiger partial charge in [0.1, 0.15) is 0 Å². The summed E-state index contributed by atoms with van der Waals surface area (Å²) in [6.07, 6.45) is 3.18. The van der Waals surface area contributed by atoms with Crippen LogP contribution < -0.4 is 0 Å². The van der Waals surface area contributed by atoms with Gasteiger partial charge in [0.25, 0.3) is 0 Å². The fourth-order valence-electron chi connectivity index (χ4n) is 1.76. The number of amides is 1. The fourth-order valence-corrected chi connectivity index (χ4v) is 2.12. The molecule has 1 unspecified atom stereocenters. The van der Waals surface area contributed by atoms with Crippen molar-refractivity contribution in [1.82, 2.24) is 9.88 Å². The Hall–Kier alpha value is -1.03. The van der Waals surface area contributed by atoms with Crippen LogP contribution in [0.5, 0.6) is 0 Å². The summed E-state index contributed by atoms with van der Waals surface area (Å²) in [5.74, 6) is 0.214. The Morgan fingerprint density at radius 3 is 3.00 bits per heavy atom. The maximum atomic E-state index is 11.5. The highest BCUT2D eigenvalue weighted by Gasteiger charge is 2.26. The van der Waals surface area contributed by atoms with Crippen molar-refractivity contribution in [2.45, 2.75) is 18.1 Å². The summed E-state index contributed by atoms with van der Waals surface area (Å²) in [4.78, 5) is 17.6. The predicted octanol–water partition coefficient (Wildman–Crippen LogP) is 1.15. The number of carbonyl (C=O) groups is 1. The second-order valence-corrected chi connectivity index (χ2v) is 4.50. The lowest BCUT2D eigenvalue weighted by Crippen LogP contribution is -2.27. The Kier molecular flexibility index (Phi) is 3.26. The van der Waals surface area contributed by atoms with E-state index in [4.69, 9.17) is 0 Å². The van der Waals surface area contributed by atoms with Crippen LogP contribution >= 0.6 is 12.6 Å². The third-order valence-corrected chi connectivity index (χ3v) is 2.90. The van der Waals surface area contributed by atoms with Crippen molar-refractivity contribution >= 4 is 18.5 Å². The van der Waals surface area contributed by atoms with Gasteiger partial charge in [0.05, 0.1) is 0 Å². The van der Waals surface area contributed by atoms with Crippen molar-refractivity contribution in [2.24, 2.45) is 0 Å². The van der Waals surface area contributed by atoms with Crippen LogP contribution in [0.1, 0.15) is 12.1 Å². The first-order chi connectivity index (χ1) is 7.25. The highest BCUT2D eigenvalue weighted by molar-refractivity contribution is 7.81. The molecule has 80 valence electrons. The van der Waals surface area contributed by atoms with Gasteiger partial charge in [0.2, 0.25) is 5.91 Å². The van der Waals surface area contributed by atoms with E-state index in [0.29, 0.717) is 6.42 Å². The summed E-state index contributed by atoms with van der Waals surface area (Å²) < 4.78 is 0. The number of rotatable bonds is 3. The molecule has 4 heteroatoms. The van der Waals surface area contributed by atoms with Crippen LogP contribution in [0, 0.1) is 0 Å². The second kappa shape index (κ2) is 4.66. The van der Waals surface area contributed by atoms with Crippen LogP contribution in [0.2, 0.25) is 0 Å². The number of carbonyl (C=O) groups excluding carboxylic acids is 1. The van der Waals surface area contributed by atoms with E-state index in [1.54, 1.807) is 6.20 Å². The molecule has 1 fully saturated rings. The minimum atomic E-state index is 0.209. The summed E-state index contributed by atoms with van der Waals surface area (Å²) in [5, 5.41) is 0.209. The SMILES string of the molecule is O=C1CC(S)CN1CCc1ccccn1. The summed E-state index contributed by atoms with van der Waals surface area (Å²) in [5.41, 5.74) is 1.04. The number of likely N-dealkylation sites (tertiary alicyclic amines) is 1. The number of pyridine rings is 1. The molecule has 15 heavy (non-hydrogen) atoms. The Morgan fingerprint density at radius 2 is 2.40 bits per heavy atom. The molecule has 1 aromatic rings. The molecule has 1 aliphatic rings. The van der Waals surface area contributed by atoms with E-state index in [1.807, 2.05) is 23.1 Å². The van der Waals surface area contributed by atoms with Crippen molar-refractivity contribution in [3.05, 3.63) is 30.1 Å². The molecule has 1 aliphatic heterocycles. The number of nitrogens with zero attached hydrogens (tertiary/aromatic N) is 2. The molecule has 1 saturated heterocycles. The summed E-state index contributed by atoms with van der Waals surface area (Å²) >= 11 is 4.31. The smallest absolute Gasteiger partial charge is 0.223 e. The van der Waals surface area contributed by atoms with Crippen molar-refractivity contribution in [2.75, 3.05) is 13.1 Å². The highest BCUT2D eigenvalue weighted by Crippen LogP contribution is 2.15. The highest BCUT2D eigenvalue weighted by atomic mass is 32.1. The quantitative estimate of drug-likeness (QED) is 0.778. The van der Waals surface area contributed by atoms with E-state index in [2.05, 4.69) is 17.6 Å². The molecule has 0 spiro atoms. The van der Waals surface area contributed by atoms with E-state index >= 15 is 0 Å². The van der Waals surface area contributed by atoms with Gasteiger partial charge in [-0.15, -0.1) is 0 Å². The van der Waals surface area contributed by atoms with Gasteiger partial charge in [0.15, 0.2) is 0 Å². The molecule has 1 atom stereocenters. The number of hydrogen-bond acceptors (Lipinski definition) is 3. The minimum Gasteiger partial charge on any atom is -0.341 e. The number of aromatic nitrogens is 1. The van der Waals surface area contributed by atoms with E-state index in [9.17, 15) is 4.79 Å². The standard InChI is InChI=1S/C11H14N2OS/c14-11-7-10(15)8-13(11)6-4-9-3-1-2-5-12-9/h1-3,5,10,15H,4,6-8H2. The van der Waals surface area contributed by atoms with Crippen molar-refractivity contribution < 1.29 is 4.79 Å². The molecule has 0 bridgehead atoms. The third kappa shape index (κ3) is 2.72. The van der Waals surface area contributed by atoms with Crippen LogP contribution in [-0.2, 0) is 11.2 Å². The zero-order valence-corrected chi connectivity index (χ0v) is 9.36. The summed E-state index contributed by atoms with van der Waals surface area (Å²) in [6, 6.07) is 5.85. The average Bonchev–Trinajstić information content (AvgIpc) is 2.56. The Morgan fingerprint density at radius 1 is 1.53 bits per heavy atom. The first-order valence-corrected chi connectivity index (χ1v) is 5.63. The molecule has 0 radical (unpaired) electrons. The third-order valence-electron chi connectivity index (χ3n) is 2.56. The van der Waals surface area contributed by atoms with Crippen LogP contribution in [0.25, 0.3) is 0 Å². The van der Waals surface area contributed by atoms with Crippen molar-refractivity contribution in [1.29, 1.82) is 0 Å². The molecule has 0 aromatic carbocycles. The van der Waals surface area contributed by atoms with Crippen molar-refractivity contribution in [3.63, 3.8) is 0 Å². The van der Waals surface area contributed by atoms with Crippen LogP contribution in [0.3, 0.4) is 0 Å². The largest absolute Gasteiger partial charge is 0.341 e. The monoisotopic (exact) mass is 222 g/mol. The fraction of sp³-hybridized carbons (Fsp3) is 0.455.